The monoisotopic (exact) mass is 264 g/mol. The Labute approximate surface area is 105 Å². The van der Waals surface area contributed by atoms with E-state index < -0.39 is 18.0 Å². The Morgan fingerprint density at radius 3 is 2.47 bits per heavy atom. The maximum atomic E-state index is 11.4. The molecule has 0 aliphatic heterocycles. The van der Waals surface area contributed by atoms with Crippen molar-refractivity contribution in [3.05, 3.63) is 0 Å². The normalized spacial score (nSPS) is 13.8. The van der Waals surface area contributed by atoms with E-state index in [0.29, 0.717) is 0 Å². The fourth-order valence-corrected chi connectivity index (χ4v) is 1.82. The second-order valence-corrected chi connectivity index (χ2v) is 4.90. The third-order valence-corrected chi connectivity index (χ3v) is 3.11. The number of carbonyl (C=O) groups is 2. The lowest BCUT2D eigenvalue weighted by atomic mass is 10.2. The minimum Gasteiger partial charge on any atom is -0.480 e. The average Bonchev–Trinajstić information content (AvgIpc) is 2.25. The molecule has 2 unspecified atom stereocenters. The van der Waals surface area contributed by atoms with E-state index in [4.69, 9.17) is 10.2 Å². The number of aliphatic hydroxyl groups excluding tert-OH is 1. The van der Waals surface area contributed by atoms with E-state index >= 15 is 0 Å². The summed E-state index contributed by atoms with van der Waals surface area (Å²) >= 11 is 1.69. The summed E-state index contributed by atoms with van der Waals surface area (Å²) in [5.41, 5.74) is 0. The number of carboxylic acids is 1. The lowest BCUT2D eigenvalue weighted by Crippen LogP contribution is -2.49. The van der Waals surface area contributed by atoms with Crippen LogP contribution in [0.2, 0.25) is 0 Å². The maximum Gasteiger partial charge on any atom is 0.326 e. The largest absolute Gasteiger partial charge is 0.480 e. The van der Waals surface area contributed by atoms with Gasteiger partial charge in [0.2, 0.25) is 0 Å². The van der Waals surface area contributed by atoms with Gasteiger partial charge >= 0.3 is 12.0 Å². The maximum absolute atomic E-state index is 11.4. The summed E-state index contributed by atoms with van der Waals surface area (Å²) in [5, 5.41) is 22.4. The molecule has 4 N–H and O–H groups in total. The van der Waals surface area contributed by atoms with Gasteiger partial charge in [0.1, 0.15) is 6.04 Å². The van der Waals surface area contributed by atoms with Gasteiger partial charge < -0.3 is 20.8 Å². The van der Waals surface area contributed by atoms with Crippen molar-refractivity contribution in [2.75, 3.05) is 18.1 Å². The van der Waals surface area contributed by atoms with Crippen LogP contribution >= 0.6 is 11.8 Å². The number of aliphatic hydroxyl groups is 1. The molecule has 0 saturated carbocycles. The van der Waals surface area contributed by atoms with Gasteiger partial charge in [-0.15, -0.1) is 0 Å². The quantitative estimate of drug-likeness (QED) is 0.504. The smallest absolute Gasteiger partial charge is 0.326 e. The third-order valence-electron chi connectivity index (χ3n) is 1.97. The number of urea groups is 1. The molecule has 0 aromatic rings. The zero-order chi connectivity index (χ0) is 13.3. The first-order valence-corrected chi connectivity index (χ1v) is 6.65. The zero-order valence-corrected chi connectivity index (χ0v) is 10.9. The summed E-state index contributed by atoms with van der Waals surface area (Å²) in [6, 6.07) is -1.59. The Hall–Kier alpha value is -0.950. The lowest BCUT2D eigenvalue weighted by Gasteiger charge is -2.17. The Balaban J connectivity index is 4.00. The predicted molar refractivity (Wildman–Crippen MR) is 67.3 cm³/mol. The Kier molecular flexibility index (Phi) is 8.61. The first-order valence-electron chi connectivity index (χ1n) is 5.49. The van der Waals surface area contributed by atoms with Gasteiger partial charge in [0.05, 0.1) is 0 Å². The number of amides is 2. The van der Waals surface area contributed by atoms with Gasteiger partial charge in [-0.3, -0.25) is 0 Å². The fourth-order valence-electron chi connectivity index (χ4n) is 1.15. The van der Waals surface area contributed by atoms with E-state index in [1.165, 1.54) is 0 Å². The van der Waals surface area contributed by atoms with Gasteiger partial charge in [-0.25, -0.2) is 9.59 Å². The Bertz CT molecular complexity index is 250. The molecule has 7 heteroatoms. The van der Waals surface area contributed by atoms with E-state index in [2.05, 4.69) is 10.6 Å². The molecule has 2 amide bonds. The molecule has 0 aliphatic carbocycles. The summed E-state index contributed by atoms with van der Waals surface area (Å²) in [7, 11) is 0. The fraction of sp³-hybridized carbons (Fsp3) is 0.800. The highest BCUT2D eigenvalue weighted by atomic mass is 32.2. The SMILES string of the molecule is CCSCC(C)NC(=O)NC(CCO)C(=O)O. The number of rotatable bonds is 8. The minimum absolute atomic E-state index is 0.000838. The van der Waals surface area contributed by atoms with Gasteiger partial charge in [0, 0.05) is 24.8 Å². The van der Waals surface area contributed by atoms with Crippen LogP contribution in [0, 0.1) is 0 Å². The molecule has 0 aromatic carbocycles. The molecule has 0 rings (SSSR count). The van der Waals surface area contributed by atoms with E-state index in [-0.39, 0.29) is 19.1 Å². The molecule has 100 valence electrons. The summed E-state index contributed by atoms with van der Waals surface area (Å²) in [6.45, 7) is 3.60. The summed E-state index contributed by atoms with van der Waals surface area (Å²) in [5.74, 6) is 0.599. The van der Waals surface area contributed by atoms with Crippen LogP contribution in [-0.4, -0.2) is 52.4 Å². The number of carbonyl (C=O) groups excluding carboxylic acids is 1. The van der Waals surface area contributed by atoms with Crippen molar-refractivity contribution in [2.24, 2.45) is 0 Å². The van der Waals surface area contributed by atoms with Gasteiger partial charge in [-0.1, -0.05) is 6.92 Å². The Morgan fingerprint density at radius 2 is 2.00 bits per heavy atom. The number of thioether (sulfide) groups is 1. The first-order chi connectivity index (χ1) is 8.01. The second-order valence-electron chi connectivity index (χ2n) is 3.58. The highest BCUT2D eigenvalue weighted by Crippen LogP contribution is 2.01. The third kappa shape index (κ3) is 7.87. The number of nitrogens with one attached hydrogen (secondary N) is 2. The summed E-state index contributed by atoms with van der Waals surface area (Å²) in [4.78, 5) is 22.2. The number of aliphatic carboxylic acids is 1. The average molecular weight is 264 g/mol. The van der Waals surface area contributed by atoms with Crippen LogP contribution in [0.15, 0.2) is 0 Å². The molecular weight excluding hydrogens is 244 g/mol. The molecule has 0 spiro atoms. The van der Waals surface area contributed by atoms with E-state index in [0.717, 1.165) is 11.5 Å². The lowest BCUT2D eigenvalue weighted by molar-refractivity contribution is -0.139. The van der Waals surface area contributed by atoms with Crippen LogP contribution in [0.5, 0.6) is 0 Å². The zero-order valence-electron chi connectivity index (χ0n) is 10.1. The first kappa shape index (κ1) is 16.1. The highest BCUT2D eigenvalue weighted by molar-refractivity contribution is 7.99. The van der Waals surface area contributed by atoms with Gasteiger partial charge in [0.25, 0.3) is 0 Å². The van der Waals surface area contributed by atoms with Crippen LogP contribution in [0.25, 0.3) is 0 Å². The molecule has 0 aliphatic rings. The highest BCUT2D eigenvalue weighted by Gasteiger charge is 2.19. The van der Waals surface area contributed by atoms with Crippen LogP contribution < -0.4 is 10.6 Å². The predicted octanol–water partition coefficient (Wildman–Crippen LogP) is 0.263. The van der Waals surface area contributed by atoms with E-state index in [1.807, 2.05) is 13.8 Å². The van der Waals surface area contributed by atoms with Crippen molar-refractivity contribution in [3.8, 4) is 0 Å². The molecule has 0 heterocycles. The standard InChI is InChI=1S/C10H20N2O4S/c1-3-17-6-7(2)11-10(16)12-8(4-5-13)9(14)15/h7-8,13H,3-6H2,1-2H3,(H,14,15)(H2,11,12,16). The van der Waals surface area contributed by atoms with E-state index in [9.17, 15) is 9.59 Å². The topological polar surface area (TPSA) is 98.7 Å². The molecule has 0 saturated heterocycles. The molecule has 0 fully saturated rings. The van der Waals surface area contributed by atoms with Crippen LogP contribution in [0.4, 0.5) is 4.79 Å². The number of carboxylic acid groups (broad SMARTS) is 1. The number of hydrogen-bond donors (Lipinski definition) is 4. The Morgan fingerprint density at radius 1 is 1.35 bits per heavy atom. The van der Waals surface area contributed by atoms with Crippen LogP contribution in [0.3, 0.4) is 0 Å². The molecule has 17 heavy (non-hydrogen) atoms. The molecule has 0 radical (unpaired) electrons. The van der Waals surface area contributed by atoms with Crippen LogP contribution in [-0.2, 0) is 4.79 Å². The van der Waals surface area contributed by atoms with Crippen molar-refractivity contribution in [2.45, 2.75) is 32.4 Å². The minimum atomic E-state index is -1.15. The molecule has 6 nitrogen and oxygen atoms in total. The summed E-state index contributed by atoms with van der Waals surface area (Å²) < 4.78 is 0. The molecule has 0 aromatic heterocycles. The second kappa shape index (κ2) is 9.12. The molecule has 2 atom stereocenters. The van der Waals surface area contributed by atoms with Crippen molar-refractivity contribution >= 4 is 23.8 Å². The molecular formula is C10H20N2O4S. The van der Waals surface area contributed by atoms with Crippen molar-refractivity contribution in [1.82, 2.24) is 10.6 Å². The number of hydrogen-bond acceptors (Lipinski definition) is 4. The van der Waals surface area contributed by atoms with Gasteiger partial charge in [-0.2, -0.15) is 11.8 Å². The van der Waals surface area contributed by atoms with E-state index in [1.54, 1.807) is 11.8 Å². The summed E-state index contributed by atoms with van der Waals surface area (Å²) in [6.07, 6.45) is 0.000838. The van der Waals surface area contributed by atoms with Crippen LogP contribution in [0.1, 0.15) is 20.3 Å². The van der Waals surface area contributed by atoms with Crippen molar-refractivity contribution < 1.29 is 19.8 Å². The van der Waals surface area contributed by atoms with Crippen molar-refractivity contribution in [1.29, 1.82) is 0 Å². The van der Waals surface area contributed by atoms with Crippen molar-refractivity contribution in [3.63, 3.8) is 0 Å². The molecule has 0 bridgehead atoms. The van der Waals surface area contributed by atoms with Gasteiger partial charge in [-0.05, 0) is 12.7 Å². The van der Waals surface area contributed by atoms with Gasteiger partial charge in [0.15, 0.2) is 0 Å².